The van der Waals surface area contributed by atoms with Crippen LogP contribution in [0.3, 0.4) is 0 Å². The Hall–Kier alpha value is -5.86. The van der Waals surface area contributed by atoms with Crippen LogP contribution in [0.15, 0.2) is 140 Å². The maximum atomic E-state index is 12.1. The molecule has 0 aliphatic heterocycles. The Morgan fingerprint density at radius 3 is 1.86 bits per heavy atom. The van der Waals surface area contributed by atoms with E-state index in [4.69, 9.17) is 21.8 Å². The molecule has 0 unspecified atom stereocenters. The van der Waals surface area contributed by atoms with Crippen molar-refractivity contribution in [2.45, 2.75) is 38.3 Å². The smallest absolute Gasteiger partial charge is 0.355 e. The number of aromatic amines is 1. The molecule has 0 aliphatic carbocycles. The molecule has 5 aromatic carbocycles. The summed E-state index contributed by atoms with van der Waals surface area (Å²) in [4.78, 5) is 18.3. The lowest BCUT2D eigenvalue weighted by Gasteiger charge is -2.29. The summed E-state index contributed by atoms with van der Waals surface area (Å²) in [6.07, 6.45) is 2.52. The van der Waals surface area contributed by atoms with E-state index in [-0.39, 0.29) is 10.8 Å². The number of carboxylic acids is 1. The van der Waals surface area contributed by atoms with Gasteiger partial charge in [0, 0.05) is 29.7 Å². The lowest BCUT2D eigenvalue weighted by atomic mass is 9.77. The van der Waals surface area contributed by atoms with Crippen molar-refractivity contribution in [3.05, 3.63) is 178 Å². The van der Waals surface area contributed by atoms with Gasteiger partial charge in [0.05, 0.1) is 10.7 Å². The molecule has 50 heavy (non-hydrogen) atoms. The molecule has 7 rings (SSSR count). The number of carbonyl (C=O) groups is 1. The number of aromatic carboxylic acids is 1. The van der Waals surface area contributed by atoms with Gasteiger partial charge in [0.2, 0.25) is 5.54 Å². The molecule has 0 amide bonds. The number of aromatic nitrogens is 6. The lowest BCUT2D eigenvalue weighted by Crippen LogP contribution is -2.62. The molecule has 0 fully saturated rings. The van der Waals surface area contributed by atoms with Crippen LogP contribution in [-0.4, -0.2) is 36.0 Å². The summed E-state index contributed by atoms with van der Waals surface area (Å²) in [5, 5.41) is 23.2. The van der Waals surface area contributed by atoms with E-state index in [0.717, 1.165) is 51.8 Å². The minimum absolute atomic E-state index is 0.0164. The number of tetrazole rings is 1. The Labute approximate surface area is 295 Å². The fraction of sp³-hybridized carbons (Fsp3) is 0.146. The number of benzene rings is 5. The molecule has 248 valence electrons. The first-order valence-electron chi connectivity index (χ1n) is 16.7. The van der Waals surface area contributed by atoms with Crippen molar-refractivity contribution in [1.29, 1.82) is 0 Å². The summed E-state index contributed by atoms with van der Waals surface area (Å²) in [6, 6.07) is 47.2. The van der Waals surface area contributed by atoms with Crippen LogP contribution < -0.4 is 4.80 Å². The molecule has 0 bridgehead atoms. The highest BCUT2D eigenvalue weighted by Gasteiger charge is 2.46. The molecule has 8 nitrogen and oxygen atoms in total. The van der Waals surface area contributed by atoms with Crippen molar-refractivity contribution in [3.63, 3.8) is 0 Å². The van der Waals surface area contributed by atoms with E-state index in [9.17, 15) is 9.90 Å². The van der Waals surface area contributed by atoms with E-state index in [1.165, 1.54) is 0 Å². The van der Waals surface area contributed by atoms with Gasteiger partial charge < -0.3 is 9.67 Å². The predicted molar refractivity (Wildman–Crippen MR) is 194 cm³/mol. The van der Waals surface area contributed by atoms with Gasteiger partial charge in [-0.05, 0) is 44.3 Å². The zero-order valence-corrected chi connectivity index (χ0v) is 28.3. The third-order valence-electron chi connectivity index (χ3n) is 9.07. The van der Waals surface area contributed by atoms with Crippen LogP contribution in [0.5, 0.6) is 0 Å². The number of imidazole rings is 1. The van der Waals surface area contributed by atoms with E-state index in [1.54, 1.807) is 4.57 Å². The fourth-order valence-electron chi connectivity index (χ4n) is 6.67. The first kappa shape index (κ1) is 32.7. The first-order valence-corrected chi connectivity index (χ1v) is 17.1. The van der Waals surface area contributed by atoms with E-state index in [0.29, 0.717) is 24.6 Å². The second-order valence-electron chi connectivity index (χ2n) is 12.2. The quantitative estimate of drug-likeness (QED) is 0.100. The zero-order valence-electron chi connectivity index (χ0n) is 27.6. The van der Waals surface area contributed by atoms with Gasteiger partial charge in [0.1, 0.15) is 5.82 Å². The second kappa shape index (κ2) is 14.3. The maximum Gasteiger partial charge on any atom is 0.355 e. The van der Waals surface area contributed by atoms with Gasteiger partial charge in [-0.25, -0.2) is 9.78 Å². The molecule has 0 saturated heterocycles. The average molecular weight is 680 g/mol. The Morgan fingerprint density at radius 2 is 1.32 bits per heavy atom. The number of aryl methyl sites for hydroxylation is 1. The minimum atomic E-state index is -1.09. The van der Waals surface area contributed by atoms with Crippen LogP contribution in [0, 0.1) is 0 Å². The molecule has 2 N–H and O–H groups in total. The molecule has 9 heteroatoms. The summed E-state index contributed by atoms with van der Waals surface area (Å²) in [5.74, 6) is 0.145. The summed E-state index contributed by atoms with van der Waals surface area (Å²) in [7, 11) is 0. The van der Waals surface area contributed by atoms with Gasteiger partial charge in [-0.2, -0.15) is 0 Å². The van der Waals surface area contributed by atoms with Crippen LogP contribution in [-0.2, 0) is 18.5 Å². The number of nitrogens with one attached hydrogen (secondary N) is 1. The molecular formula is C41H36ClN6O2+. The van der Waals surface area contributed by atoms with Crippen molar-refractivity contribution in [1.82, 2.24) is 25.0 Å². The number of nitrogens with zero attached hydrogens (tertiary/aromatic N) is 5. The third-order valence-corrected chi connectivity index (χ3v) is 9.34. The lowest BCUT2D eigenvalue weighted by molar-refractivity contribution is -0.836. The van der Waals surface area contributed by atoms with Crippen molar-refractivity contribution in [3.8, 4) is 22.5 Å². The van der Waals surface area contributed by atoms with Crippen LogP contribution in [0.2, 0.25) is 5.15 Å². The largest absolute Gasteiger partial charge is 0.476 e. The van der Waals surface area contributed by atoms with Crippen molar-refractivity contribution >= 4 is 17.6 Å². The van der Waals surface area contributed by atoms with Crippen LogP contribution in [0.25, 0.3) is 22.5 Å². The van der Waals surface area contributed by atoms with Gasteiger partial charge in [-0.15, -0.1) is 0 Å². The highest BCUT2D eigenvalue weighted by atomic mass is 35.5. The van der Waals surface area contributed by atoms with E-state index in [1.807, 2.05) is 102 Å². The van der Waals surface area contributed by atoms with Crippen LogP contribution in [0.1, 0.15) is 58.3 Å². The Morgan fingerprint density at radius 1 is 0.780 bits per heavy atom. The Balaban J connectivity index is 1.28. The minimum Gasteiger partial charge on any atom is -0.476 e. The fourth-order valence-corrected chi connectivity index (χ4v) is 6.95. The molecule has 2 heterocycles. The van der Waals surface area contributed by atoms with Crippen LogP contribution in [0.4, 0.5) is 0 Å². The summed E-state index contributed by atoms with van der Waals surface area (Å²) < 4.78 is 1.72. The Bertz CT molecular complexity index is 2120. The number of carboxylic acid groups (broad SMARTS) is 1. The number of H-pyrrole nitrogens is 1. The number of hydrogen-bond donors (Lipinski definition) is 2. The van der Waals surface area contributed by atoms with E-state index < -0.39 is 11.5 Å². The summed E-state index contributed by atoms with van der Waals surface area (Å²) in [6.45, 7) is 2.44. The Kier molecular flexibility index (Phi) is 9.36. The molecule has 0 atom stereocenters. The number of rotatable bonds is 12. The first-order chi connectivity index (χ1) is 24.5. The topological polar surface area (TPSA) is 101 Å². The monoisotopic (exact) mass is 679 g/mol. The van der Waals surface area contributed by atoms with Gasteiger partial charge in [-0.1, -0.05) is 158 Å². The molecular weight excluding hydrogens is 644 g/mol. The van der Waals surface area contributed by atoms with Crippen molar-refractivity contribution in [2.24, 2.45) is 0 Å². The standard InChI is InChI=1S/C41H35ClN6O2/c1-2-3-23-36-43-38(42)37(40(49)50)47(36)28-29-24-26-30(27-25-29)34-21-13-14-22-35(34)39-44-46-48(45-39)41(31-15-7-4-8-16-31,32-17-9-5-10-18-32)33-19-11-6-12-20-33/h4-22,24-27H,2-3,23,28H2,1H3,(H,49,50)/p+1. The highest BCUT2D eigenvalue weighted by molar-refractivity contribution is 6.32. The third kappa shape index (κ3) is 6.10. The van der Waals surface area contributed by atoms with Gasteiger partial charge in [0.25, 0.3) is 0 Å². The van der Waals surface area contributed by atoms with Crippen molar-refractivity contribution in [2.75, 3.05) is 0 Å². The SMILES string of the molecule is CCCCc1nc(Cl)c(C(=O)O)n1Cc1ccc(-c2ccccc2-c2n[nH][n+](C(c3ccccc3)(c3ccccc3)c3ccccc3)n2)cc1. The zero-order chi connectivity index (χ0) is 34.5. The van der Waals surface area contributed by atoms with Gasteiger partial charge in [0.15, 0.2) is 10.8 Å². The second-order valence-corrected chi connectivity index (χ2v) is 12.5. The number of halogens is 1. The highest BCUT2D eigenvalue weighted by Crippen LogP contribution is 2.36. The molecule has 0 radical (unpaired) electrons. The van der Waals surface area contributed by atoms with E-state index >= 15 is 0 Å². The van der Waals surface area contributed by atoms with Gasteiger partial charge in [-0.3, -0.25) is 0 Å². The molecule has 0 saturated carbocycles. The maximum absolute atomic E-state index is 12.1. The van der Waals surface area contributed by atoms with Gasteiger partial charge >= 0.3 is 11.8 Å². The number of unbranched alkanes of at least 4 members (excludes halogenated alkanes) is 1. The average Bonchev–Trinajstić information content (AvgIpc) is 3.77. The molecule has 0 spiro atoms. The molecule has 2 aromatic heterocycles. The van der Waals surface area contributed by atoms with Crippen LogP contribution >= 0.6 is 11.6 Å². The number of hydrogen-bond acceptors (Lipinski definition) is 4. The molecule has 7 aromatic rings. The predicted octanol–water partition coefficient (Wildman–Crippen LogP) is 8.21. The van der Waals surface area contributed by atoms with E-state index in [2.05, 4.69) is 59.6 Å². The molecule has 0 aliphatic rings. The summed E-state index contributed by atoms with van der Waals surface area (Å²) >= 11 is 6.28. The van der Waals surface area contributed by atoms with Crippen molar-refractivity contribution < 1.29 is 14.7 Å². The normalized spacial score (nSPS) is 11.5. The summed E-state index contributed by atoms with van der Waals surface area (Å²) in [5.41, 5.74) is 6.07.